The van der Waals surface area contributed by atoms with Crippen molar-refractivity contribution in [3.05, 3.63) is 65.7 Å². The molecule has 3 heteroatoms. The van der Waals surface area contributed by atoms with Crippen LogP contribution in [0.15, 0.2) is 54.6 Å². The van der Waals surface area contributed by atoms with Crippen LogP contribution in [0.3, 0.4) is 0 Å². The zero-order valence-electron chi connectivity index (χ0n) is 12.8. The van der Waals surface area contributed by atoms with Crippen molar-refractivity contribution in [2.24, 2.45) is 0 Å². The number of rotatable bonds is 4. The topological polar surface area (TPSA) is 38.7 Å². The van der Waals surface area contributed by atoms with E-state index in [1.165, 1.54) is 5.56 Å². The summed E-state index contributed by atoms with van der Waals surface area (Å²) >= 11 is 0. The highest BCUT2D eigenvalue weighted by Gasteiger charge is 2.26. The van der Waals surface area contributed by atoms with Crippen molar-refractivity contribution in [3.63, 3.8) is 0 Å². The molecular weight excluding hydrogens is 276 g/mol. The van der Waals surface area contributed by atoms with Crippen molar-refractivity contribution in [2.45, 2.75) is 18.4 Å². The third-order valence-corrected chi connectivity index (χ3v) is 4.18. The van der Waals surface area contributed by atoms with Gasteiger partial charge in [-0.3, -0.25) is 0 Å². The normalized spacial score (nSPS) is 20.6. The summed E-state index contributed by atoms with van der Waals surface area (Å²) in [5.41, 5.74) is 3.23. The van der Waals surface area contributed by atoms with E-state index in [4.69, 9.17) is 9.47 Å². The molecule has 0 spiro atoms. The average Bonchev–Trinajstić information content (AvgIpc) is 2.97. The molecule has 2 aromatic carbocycles. The summed E-state index contributed by atoms with van der Waals surface area (Å²) in [5.74, 6) is 1.91. The molecule has 0 aliphatic heterocycles. The fraction of sp³-hybridized carbons (Fsp3) is 0.263. The number of aliphatic hydroxyl groups excluding tert-OH is 1. The summed E-state index contributed by atoms with van der Waals surface area (Å²) in [6.45, 7) is 0. The average molecular weight is 296 g/mol. The van der Waals surface area contributed by atoms with E-state index in [1.807, 2.05) is 36.4 Å². The summed E-state index contributed by atoms with van der Waals surface area (Å²) in [5, 5.41) is 10.4. The van der Waals surface area contributed by atoms with Crippen molar-refractivity contribution < 1.29 is 14.6 Å². The van der Waals surface area contributed by atoms with Crippen LogP contribution in [0.25, 0.3) is 5.57 Å². The molecule has 2 aromatic rings. The minimum Gasteiger partial charge on any atom is -0.497 e. The van der Waals surface area contributed by atoms with Gasteiger partial charge in [0.15, 0.2) is 0 Å². The zero-order chi connectivity index (χ0) is 15.5. The van der Waals surface area contributed by atoms with Crippen LogP contribution < -0.4 is 9.47 Å². The Labute approximate surface area is 130 Å². The lowest BCUT2D eigenvalue weighted by Gasteiger charge is -2.10. The maximum absolute atomic E-state index is 10.4. The molecule has 1 N–H and O–H groups in total. The van der Waals surface area contributed by atoms with Crippen molar-refractivity contribution >= 4 is 5.57 Å². The van der Waals surface area contributed by atoms with E-state index in [9.17, 15) is 5.11 Å². The minimum absolute atomic E-state index is 0.234. The minimum atomic E-state index is -0.430. The summed E-state index contributed by atoms with van der Waals surface area (Å²) in [6.07, 6.45) is 2.45. The molecule has 0 saturated carbocycles. The van der Waals surface area contributed by atoms with Gasteiger partial charge in [-0.15, -0.1) is 0 Å². The van der Waals surface area contributed by atoms with Gasteiger partial charge in [0.25, 0.3) is 0 Å². The van der Waals surface area contributed by atoms with Gasteiger partial charge in [-0.05, 0) is 47.4 Å². The smallest absolute Gasteiger partial charge is 0.118 e. The second kappa shape index (κ2) is 6.24. The maximum atomic E-state index is 10.4. The quantitative estimate of drug-likeness (QED) is 0.936. The summed E-state index contributed by atoms with van der Waals surface area (Å²) in [6, 6.07) is 15.9. The molecule has 0 heterocycles. The van der Waals surface area contributed by atoms with Gasteiger partial charge in [0, 0.05) is 5.92 Å². The van der Waals surface area contributed by atoms with Gasteiger partial charge >= 0.3 is 0 Å². The van der Waals surface area contributed by atoms with Gasteiger partial charge in [0.2, 0.25) is 0 Å². The van der Waals surface area contributed by atoms with E-state index in [-0.39, 0.29) is 5.92 Å². The molecule has 3 nitrogen and oxygen atoms in total. The van der Waals surface area contributed by atoms with Crippen molar-refractivity contribution in [3.8, 4) is 11.5 Å². The van der Waals surface area contributed by atoms with Crippen LogP contribution in [0.5, 0.6) is 11.5 Å². The predicted octanol–water partition coefficient (Wildman–Crippen LogP) is 3.64. The second-order valence-corrected chi connectivity index (χ2v) is 5.48. The van der Waals surface area contributed by atoms with Crippen LogP contribution in [0.2, 0.25) is 0 Å². The first-order valence-electron chi connectivity index (χ1n) is 7.39. The summed E-state index contributed by atoms with van der Waals surface area (Å²) < 4.78 is 10.4. The molecule has 0 unspecified atom stereocenters. The van der Waals surface area contributed by atoms with E-state index in [0.29, 0.717) is 6.42 Å². The Kier molecular flexibility index (Phi) is 4.16. The first-order valence-corrected chi connectivity index (χ1v) is 7.39. The number of allylic oxidation sites excluding steroid dienone is 1. The van der Waals surface area contributed by atoms with E-state index in [2.05, 4.69) is 18.2 Å². The van der Waals surface area contributed by atoms with Crippen LogP contribution in [-0.2, 0) is 0 Å². The molecule has 0 bridgehead atoms. The van der Waals surface area contributed by atoms with Crippen LogP contribution in [0, 0.1) is 0 Å². The van der Waals surface area contributed by atoms with Crippen LogP contribution in [0.4, 0.5) is 0 Å². The number of hydrogen-bond acceptors (Lipinski definition) is 3. The van der Waals surface area contributed by atoms with Gasteiger partial charge in [-0.2, -0.15) is 0 Å². The van der Waals surface area contributed by atoms with E-state index in [0.717, 1.165) is 22.6 Å². The highest BCUT2D eigenvalue weighted by atomic mass is 16.5. The monoisotopic (exact) mass is 296 g/mol. The number of hydrogen-bond donors (Lipinski definition) is 1. The number of methoxy groups -OCH3 is 2. The molecule has 0 aromatic heterocycles. The Hall–Kier alpha value is -2.26. The number of aliphatic hydroxyl groups is 1. The van der Waals surface area contributed by atoms with Gasteiger partial charge in [0.05, 0.1) is 20.3 Å². The molecular formula is C19H20O3. The number of benzene rings is 2. The van der Waals surface area contributed by atoms with Crippen molar-refractivity contribution in [2.75, 3.05) is 14.2 Å². The maximum Gasteiger partial charge on any atom is 0.118 e. The lowest BCUT2D eigenvalue weighted by Crippen LogP contribution is -2.05. The van der Waals surface area contributed by atoms with Crippen LogP contribution >= 0.6 is 0 Å². The van der Waals surface area contributed by atoms with Gasteiger partial charge in [-0.1, -0.05) is 30.3 Å². The third-order valence-electron chi connectivity index (χ3n) is 4.18. The predicted molar refractivity (Wildman–Crippen MR) is 87.3 cm³/mol. The third kappa shape index (κ3) is 2.85. The Bertz CT molecular complexity index is 656. The highest BCUT2D eigenvalue weighted by Crippen LogP contribution is 2.38. The molecule has 0 fully saturated rings. The Morgan fingerprint density at radius 2 is 1.41 bits per heavy atom. The molecule has 114 valence electrons. The highest BCUT2D eigenvalue weighted by molar-refractivity contribution is 5.72. The molecule has 3 rings (SSSR count). The number of ether oxygens (including phenoxy) is 2. The van der Waals surface area contributed by atoms with Gasteiger partial charge < -0.3 is 14.6 Å². The van der Waals surface area contributed by atoms with Crippen molar-refractivity contribution in [1.29, 1.82) is 0 Å². The molecule has 2 atom stereocenters. The standard InChI is InChI=1S/C19H20O3/c1-21-16-7-3-13(4-8-16)15-11-18(19(20)12-15)14-5-9-17(22-2)10-6-14/h3-11,15,19-20H,12H2,1-2H3/t15-,19+/m0/s1. The summed E-state index contributed by atoms with van der Waals surface area (Å²) in [4.78, 5) is 0. The van der Waals surface area contributed by atoms with E-state index >= 15 is 0 Å². The van der Waals surface area contributed by atoms with Crippen molar-refractivity contribution in [1.82, 2.24) is 0 Å². The van der Waals surface area contributed by atoms with E-state index in [1.54, 1.807) is 14.2 Å². The largest absolute Gasteiger partial charge is 0.497 e. The fourth-order valence-corrected chi connectivity index (χ4v) is 2.92. The lowest BCUT2D eigenvalue weighted by molar-refractivity contribution is 0.226. The molecule has 0 saturated heterocycles. The van der Waals surface area contributed by atoms with Gasteiger partial charge in [0.1, 0.15) is 11.5 Å². The Morgan fingerprint density at radius 1 is 0.864 bits per heavy atom. The van der Waals surface area contributed by atoms with Gasteiger partial charge in [-0.25, -0.2) is 0 Å². The Morgan fingerprint density at radius 3 is 1.95 bits per heavy atom. The first-order chi connectivity index (χ1) is 10.7. The molecule has 22 heavy (non-hydrogen) atoms. The zero-order valence-corrected chi connectivity index (χ0v) is 12.8. The van der Waals surface area contributed by atoms with Crippen LogP contribution in [0.1, 0.15) is 23.5 Å². The Balaban J connectivity index is 1.84. The first kappa shape index (κ1) is 14.7. The van der Waals surface area contributed by atoms with Crippen LogP contribution in [-0.4, -0.2) is 25.4 Å². The SMILES string of the molecule is COc1ccc(C2=C[C@H](c3ccc(OC)cc3)C[C@H]2O)cc1. The lowest BCUT2D eigenvalue weighted by atomic mass is 9.98. The fourth-order valence-electron chi connectivity index (χ4n) is 2.92. The molecule has 0 amide bonds. The molecule has 1 aliphatic carbocycles. The molecule has 1 aliphatic rings. The summed E-state index contributed by atoms with van der Waals surface area (Å²) in [7, 11) is 3.31. The van der Waals surface area contributed by atoms with E-state index < -0.39 is 6.10 Å². The second-order valence-electron chi connectivity index (χ2n) is 5.48. The molecule has 0 radical (unpaired) electrons.